The lowest BCUT2D eigenvalue weighted by Gasteiger charge is -2.15. The molecule has 1 fully saturated rings. The van der Waals surface area contributed by atoms with Gasteiger partial charge in [-0.15, -0.1) is 0 Å². The molecule has 0 bridgehead atoms. The van der Waals surface area contributed by atoms with Crippen molar-refractivity contribution in [2.75, 3.05) is 19.7 Å². The zero-order chi connectivity index (χ0) is 11.1. The fraction of sp³-hybridized carbons (Fsp3) is 0.909. The lowest BCUT2D eigenvalue weighted by atomic mass is 10.1. The molecule has 1 heterocycles. The van der Waals surface area contributed by atoms with E-state index in [1.165, 1.54) is 0 Å². The Morgan fingerprint density at radius 1 is 1.60 bits per heavy atom. The van der Waals surface area contributed by atoms with Gasteiger partial charge in [0.25, 0.3) is 0 Å². The Morgan fingerprint density at radius 2 is 2.40 bits per heavy atom. The second-order valence-corrected chi connectivity index (χ2v) is 4.27. The van der Waals surface area contributed by atoms with Crippen molar-refractivity contribution in [1.82, 2.24) is 10.6 Å². The van der Waals surface area contributed by atoms with E-state index in [-0.39, 0.29) is 12.0 Å². The van der Waals surface area contributed by atoms with Gasteiger partial charge >= 0.3 is 0 Å². The van der Waals surface area contributed by atoms with Crippen molar-refractivity contribution in [1.29, 1.82) is 0 Å². The van der Waals surface area contributed by atoms with E-state index in [2.05, 4.69) is 10.6 Å². The molecule has 0 aromatic rings. The van der Waals surface area contributed by atoms with Crippen molar-refractivity contribution in [3.63, 3.8) is 0 Å². The monoisotopic (exact) mass is 214 g/mol. The summed E-state index contributed by atoms with van der Waals surface area (Å²) >= 11 is 0. The summed E-state index contributed by atoms with van der Waals surface area (Å²) in [5.74, 6) is 0.162. The summed E-state index contributed by atoms with van der Waals surface area (Å²) in [7, 11) is 0. The minimum atomic E-state index is 0.162. The number of carbonyl (C=O) groups is 1. The van der Waals surface area contributed by atoms with Gasteiger partial charge in [-0.1, -0.05) is 0 Å². The molecule has 88 valence electrons. The molecule has 1 rings (SSSR count). The standard InChI is InChI=1S/C11H22N2O2/c1-9(2)15-7-6-12-10-4-3-5-13-11(14)8-10/h9-10,12H,3-8H2,1-2H3,(H,13,14). The Balaban J connectivity index is 2.11. The molecule has 2 N–H and O–H groups in total. The van der Waals surface area contributed by atoms with Crippen LogP contribution in [0.4, 0.5) is 0 Å². The Hall–Kier alpha value is -0.610. The second-order valence-electron chi connectivity index (χ2n) is 4.27. The molecule has 0 aromatic heterocycles. The first-order valence-electron chi connectivity index (χ1n) is 5.80. The van der Waals surface area contributed by atoms with E-state index in [9.17, 15) is 4.79 Å². The Kier molecular flexibility index (Phi) is 5.65. The number of carbonyl (C=O) groups excluding carboxylic acids is 1. The molecule has 4 nitrogen and oxygen atoms in total. The van der Waals surface area contributed by atoms with Crippen molar-refractivity contribution in [3.8, 4) is 0 Å². The number of ether oxygens (including phenoxy) is 1. The molecule has 1 aliphatic heterocycles. The van der Waals surface area contributed by atoms with E-state index in [0.717, 1.165) is 32.5 Å². The van der Waals surface area contributed by atoms with Gasteiger partial charge < -0.3 is 15.4 Å². The highest BCUT2D eigenvalue weighted by molar-refractivity contribution is 5.76. The first kappa shape index (κ1) is 12.5. The number of amides is 1. The van der Waals surface area contributed by atoms with Gasteiger partial charge in [0.1, 0.15) is 0 Å². The predicted octanol–water partition coefficient (Wildman–Crippen LogP) is 0.670. The molecule has 1 amide bonds. The number of hydrogen-bond donors (Lipinski definition) is 2. The van der Waals surface area contributed by atoms with Crippen LogP contribution in [0.3, 0.4) is 0 Å². The van der Waals surface area contributed by atoms with Crippen LogP contribution in [0, 0.1) is 0 Å². The third kappa shape index (κ3) is 5.74. The van der Waals surface area contributed by atoms with Crippen molar-refractivity contribution in [2.24, 2.45) is 0 Å². The first-order valence-corrected chi connectivity index (χ1v) is 5.80. The number of rotatable bonds is 5. The largest absolute Gasteiger partial charge is 0.377 e. The van der Waals surface area contributed by atoms with Gasteiger partial charge in [-0.2, -0.15) is 0 Å². The SMILES string of the molecule is CC(C)OCCNC1CCCNC(=O)C1. The molecule has 15 heavy (non-hydrogen) atoms. The minimum Gasteiger partial charge on any atom is -0.377 e. The number of hydrogen-bond acceptors (Lipinski definition) is 3. The van der Waals surface area contributed by atoms with Crippen LogP contribution in [0.1, 0.15) is 33.1 Å². The average Bonchev–Trinajstić information content (AvgIpc) is 2.37. The van der Waals surface area contributed by atoms with Crippen LogP contribution < -0.4 is 10.6 Å². The first-order chi connectivity index (χ1) is 7.18. The highest BCUT2D eigenvalue weighted by Gasteiger charge is 2.16. The fourth-order valence-corrected chi connectivity index (χ4v) is 1.71. The van der Waals surface area contributed by atoms with Crippen molar-refractivity contribution < 1.29 is 9.53 Å². The van der Waals surface area contributed by atoms with Gasteiger partial charge in [-0.05, 0) is 26.7 Å². The summed E-state index contributed by atoms with van der Waals surface area (Å²) in [6.07, 6.45) is 3.01. The maximum absolute atomic E-state index is 11.3. The lowest BCUT2D eigenvalue weighted by Crippen LogP contribution is -2.34. The Morgan fingerprint density at radius 3 is 3.13 bits per heavy atom. The molecule has 0 aliphatic carbocycles. The van der Waals surface area contributed by atoms with Crippen LogP contribution in [0.25, 0.3) is 0 Å². The molecule has 1 unspecified atom stereocenters. The summed E-state index contributed by atoms with van der Waals surface area (Å²) in [6.45, 7) is 6.42. The Labute approximate surface area is 91.8 Å². The quantitative estimate of drug-likeness (QED) is 0.661. The molecule has 0 spiro atoms. The topological polar surface area (TPSA) is 50.4 Å². The van der Waals surface area contributed by atoms with Crippen LogP contribution in [0.5, 0.6) is 0 Å². The van der Waals surface area contributed by atoms with Gasteiger partial charge in [0, 0.05) is 25.6 Å². The molecule has 1 atom stereocenters. The third-order valence-corrected chi connectivity index (χ3v) is 2.47. The van der Waals surface area contributed by atoms with Crippen LogP contribution in [-0.4, -0.2) is 37.7 Å². The van der Waals surface area contributed by atoms with E-state index in [1.54, 1.807) is 0 Å². The zero-order valence-corrected chi connectivity index (χ0v) is 9.71. The van der Waals surface area contributed by atoms with Crippen LogP contribution >= 0.6 is 0 Å². The third-order valence-electron chi connectivity index (χ3n) is 2.47. The molecule has 0 saturated carbocycles. The van der Waals surface area contributed by atoms with Crippen molar-refractivity contribution in [3.05, 3.63) is 0 Å². The molecule has 1 aliphatic rings. The summed E-state index contributed by atoms with van der Waals surface area (Å²) in [6, 6.07) is 0.322. The lowest BCUT2D eigenvalue weighted by molar-refractivity contribution is -0.121. The van der Waals surface area contributed by atoms with Gasteiger partial charge in [-0.3, -0.25) is 4.79 Å². The molecule has 4 heteroatoms. The van der Waals surface area contributed by atoms with Crippen molar-refractivity contribution >= 4 is 5.91 Å². The molecule has 0 radical (unpaired) electrons. The zero-order valence-electron chi connectivity index (χ0n) is 9.71. The highest BCUT2D eigenvalue weighted by Crippen LogP contribution is 2.05. The van der Waals surface area contributed by atoms with E-state index in [1.807, 2.05) is 13.8 Å². The fourth-order valence-electron chi connectivity index (χ4n) is 1.71. The van der Waals surface area contributed by atoms with E-state index >= 15 is 0 Å². The van der Waals surface area contributed by atoms with Gasteiger partial charge in [0.05, 0.1) is 12.7 Å². The van der Waals surface area contributed by atoms with Crippen molar-refractivity contribution in [2.45, 2.75) is 45.3 Å². The minimum absolute atomic E-state index is 0.162. The van der Waals surface area contributed by atoms with Crippen LogP contribution in [-0.2, 0) is 9.53 Å². The van der Waals surface area contributed by atoms with Gasteiger partial charge in [0.2, 0.25) is 5.91 Å². The molecular formula is C11H22N2O2. The highest BCUT2D eigenvalue weighted by atomic mass is 16.5. The predicted molar refractivity (Wildman–Crippen MR) is 59.7 cm³/mol. The summed E-state index contributed by atoms with van der Waals surface area (Å²) in [5.41, 5.74) is 0. The maximum Gasteiger partial charge on any atom is 0.221 e. The van der Waals surface area contributed by atoms with Gasteiger partial charge in [0.15, 0.2) is 0 Å². The smallest absolute Gasteiger partial charge is 0.221 e. The van der Waals surface area contributed by atoms with E-state index < -0.39 is 0 Å². The van der Waals surface area contributed by atoms with E-state index in [0.29, 0.717) is 12.5 Å². The second kappa shape index (κ2) is 6.80. The van der Waals surface area contributed by atoms with Gasteiger partial charge in [-0.25, -0.2) is 0 Å². The average molecular weight is 214 g/mol. The maximum atomic E-state index is 11.3. The Bertz CT molecular complexity index is 195. The number of nitrogens with one attached hydrogen (secondary N) is 2. The normalized spacial score (nSPS) is 22.6. The molecule has 0 aromatic carbocycles. The van der Waals surface area contributed by atoms with Crippen LogP contribution in [0.15, 0.2) is 0 Å². The summed E-state index contributed by atoms with van der Waals surface area (Å²) in [4.78, 5) is 11.3. The summed E-state index contributed by atoms with van der Waals surface area (Å²) in [5, 5.41) is 6.23. The molecule has 1 saturated heterocycles. The van der Waals surface area contributed by atoms with Crippen LogP contribution in [0.2, 0.25) is 0 Å². The van der Waals surface area contributed by atoms with E-state index in [4.69, 9.17) is 4.74 Å². The summed E-state index contributed by atoms with van der Waals surface area (Å²) < 4.78 is 5.43. The molecular weight excluding hydrogens is 192 g/mol.